The molecule has 3 heteroatoms. The summed E-state index contributed by atoms with van der Waals surface area (Å²) in [5.41, 5.74) is 0.781. The summed E-state index contributed by atoms with van der Waals surface area (Å²) in [5.74, 6) is -0.00542. The van der Waals surface area contributed by atoms with Gasteiger partial charge in [-0.2, -0.15) is 0 Å². The maximum absolute atomic E-state index is 10.4. The first-order valence-electron chi connectivity index (χ1n) is 9.28. The summed E-state index contributed by atoms with van der Waals surface area (Å²) in [7, 11) is -2.53. The van der Waals surface area contributed by atoms with Gasteiger partial charge in [-0.15, -0.1) is 0 Å². The Morgan fingerprint density at radius 1 is 1.00 bits per heavy atom. The van der Waals surface area contributed by atoms with E-state index >= 15 is 0 Å². The molecular weight excluding hydrogens is 336 g/mol. The van der Waals surface area contributed by atoms with Crippen molar-refractivity contribution in [3.05, 3.63) is 72.8 Å². The number of hydrogen-bond donors (Lipinski definition) is 1. The molecular formula is C23H32O2Si. The molecule has 0 amide bonds. The van der Waals surface area contributed by atoms with Crippen LogP contribution in [0, 0.1) is 5.92 Å². The maximum Gasteiger partial charge on any atom is 0.261 e. The molecule has 0 radical (unpaired) electrons. The quantitative estimate of drug-likeness (QED) is 0.588. The molecule has 0 aliphatic carbocycles. The predicted molar refractivity (Wildman–Crippen MR) is 114 cm³/mol. The number of aliphatic hydroxyl groups excluding tert-OH is 1. The fraction of sp³-hybridized carbons (Fsp3) is 0.391. The molecule has 2 aromatic rings. The van der Waals surface area contributed by atoms with Crippen LogP contribution < -0.4 is 10.4 Å². The van der Waals surface area contributed by atoms with Gasteiger partial charge in [-0.3, -0.25) is 0 Å². The van der Waals surface area contributed by atoms with Gasteiger partial charge in [-0.1, -0.05) is 101 Å². The van der Waals surface area contributed by atoms with Crippen molar-refractivity contribution in [3.8, 4) is 0 Å². The molecule has 2 aromatic carbocycles. The normalized spacial score (nSPS) is 14.7. The van der Waals surface area contributed by atoms with Crippen LogP contribution in [0.3, 0.4) is 0 Å². The van der Waals surface area contributed by atoms with Gasteiger partial charge in [0, 0.05) is 12.5 Å². The van der Waals surface area contributed by atoms with Crippen molar-refractivity contribution in [2.24, 2.45) is 5.92 Å². The number of hydrogen-bond acceptors (Lipinski definition) is 2. The molecule has 0 unspecified atom stereocenters. The maximum atomic E-state index is 10.4. The third-order valence-electron chi connectivity index (χ3n) is 5.02. The fourth-order valence-electron chi connectivity index (χ4n) is 3.59. The first kappa shape index (κ1) is 20.6. The molecule has 0 aliphatic heterocycles. The van der Waals surface area contributed by atoms with E-state index in [0.29, 0.717) is 6.61 Å². The zero-order valence-corrected chi connectivity index (χ0v) is 17.7. The zero-order valence-electron chi connectivity index (χ0n) is 16.7. The van der Waals surface area contributed by atoms with Crippen molar-refractivity contribution in [2.75, 3.05) is 6.61 Å². The molecule has 0 spiro atoms. The lowest BCUT2D eigenvalue weighted by Gasteiger charge is -2.43. The fourth-order valence-corrected chi connectivity index (χ4v) is 8.26. The van der Waals surface area contributed by atoms with E-state index in [9.17, 15) is 5.11 Å². The summed E-state index contributed by atoms with van der Waals surface area (Å²) in [6.07, 6.45) is -0.548. The Hall–Kier alpha value is -1.68. The highest BCUT2D eigenvalue weighted by atomic mass is 28.4. The van der Waals surface area contributed by atoms with E-state index in [-0.39, 0.29) is 11.0 Å². The Balaban J connectivity index is 2.52. The summed E-state index contributed by atoms with van der Waals surface area (Å²) in [4.78, 5) is 0. The monoisotopic (exact) mass is 368 g/mol. The lowest BCUT2D eigenvalue weighted by atomic mass is 10.0. The summed E-state index contributed by atoms with van der Waals surface area (Å²) in [6.45, 7) is 15.1. The standard InChI is InChI=1S/C23H32O2Si/c1-18(2)22(24)19(3)17-25-26(23(4,5)6,20-13-9-7-10-14-20)21-15-11-8-12-16-21/h7-16,19,22,24H,1,17H2,2-6H3/t19-,22-/m1/s1. The Morgan fingerprint density at radius 3 is 1.77 bits per heavy atom. The minimum atomic E-state index is -2.53. The van der Waals surface area contributed by atoms with Crippen LogP contribution in [0.15, 0.2) is 72.8 Å². The van der Waals surface area contributed by atoms with Crippen LogP contribution in [0.1, 0.15) is 34.6 Å². The van der Waals surface area contributed by atoms with Crippen molar-refractivity contribution >= 4 is 18.7 Å². The van der Waals surface area contributed by atoms with E-state index in [4.69, 9.17) is 4.43 Å². The van der Waals surface area contributed by atoms with Crippen molar-refractivity contribution in [2.45, 2.75) is 45.8 Å². The van der Waals surface area contributed by atoms with Crippen LogP contribution >= 0.6 is 0 Å². The van der Waals surface area contributed by atoms with Gasteiger partial charge < -0.3 is 9.53 Å². The summed E-state index contributed by atoms with van der Waals surface area (Å²) in [5, 5.41) is 12.8. The lowest BCUT2D eigenvalue weighted by molar-refractivity contribution is 0.108. The molecule has 0 saturated carbocycles. The zero-order chi connectivity index (χ0) is 19.4. The van der Waals surface area contributed by atoms with Crippen LogP contribution in [-0.2, 0) is 4.43 Å². The Labute approximate surface area is 159 Å². The first-order chi connectivity index (χ1) is 12.2. The molecule has 26 heavy (non-hydrogen) atoms. The minimum absolute atomic E-state index is 0.00542. The average molecular weight is 369 g/mol. The Morgan fingerprint density at radius 2 is 1.42 bits per heavy atom. The van der Waals surface area contributed by atoms with Crippen LogP contribution in [-0.4, -0.2) is 26.1 Å². The molecule has 0 aromatic heterocycles. The third kappa shape index (κ3) is 4.17. The topological polar surface area (TPSA) is 29.5 Å². The van der Waals surface area contributed by atoms with E-state index in [2.05, 4.69) is 75.9 Å². The number of rotatable bonds is 7. The minimum Gasteiger partial charge on any atom is -0.407 e. The third-order valence-corrected chi connectivity index (χ3v) is 10.0. The van der Waals surface area contributed by atoms with Gasteiger partial charge in [0.05, 0.1) is 6.10 Å². The molecule has 1 N–H and O–H groups in total. The summed E-state index contributed by atoms with van der Waals surface area (Å²) >= 11 is 0. The number of aliphatic hydroxyl groups is 1. The number of benzene rings is 2. The first-order valence-corrected chi connectivity index (χ1v) is 11.2. The summed E-state index contributed by atoms with van der Waals surface area (Å²) < 4.78 is 6.84. The second-order valence-electron chi connectivity index (χ2n) is 8.24. The van der Waals surface area contributed by atoms with Crippen molar-refractivity contribution in [3.63, 3.8) is 0 Å². The predicted octanol–water partition coefficient (Wildman–Crippen LogP) is 4.14. The van der Waals surface area contributed by atoms with Crippen LogP contribution in [0.25, 0.3) is 0 Å². The molecule has 0 fully saturated rings. The van der Waals surface area contributed by atoms with Gasteiger partial charge in [0.1, 0.15) is 0 Å². The Kier molecular flexibility index (Phi) is 6.62. The van der Waals surface area contributed by atoms with Crippen molar-refractivity contribution in [1.29, 1.82) is 0 Å². The Bertz CT molecular complexity index is 664. The molecule has 2 nitrogen and oxygen atoms in total. The van der Waals surface area contributed by atoms with Gasteiger partial charge in [-0.25, -0.2) is 0 Å². The molecule has 0 aliphatic rings. The van der Waals surface area contributed by atoms with E-state index in [1.807, 2.05) is 26.0 Å². The van der Waals surface area contributed by atoms with E-state index < -0.39 is 14.4 Å². The molecule has 0 saturated heterocycles. The van der Waals surface area contributed by atoms with Gasteiger partial charge in [0.15, 0.2) is 0 Å². The van der Waals surface area contributed by atoms with E-state index in [0.717, 1.165) is 5.57 Å². The van der Waals surface area contributed by atoms with Crippen molar-refractivity contribution < 1.29 is 9.53 Å². The van der Waals surface area contributed by atoms with Gasteiger partial charge in [0.25, 0.3) is 8.32 Å². The van der Waals surface area contributed by atoms with Gasteiger partial charge in [0.2, 0.25) is 0 Å². The SMILES string of the molecule is C=C(C)[C@@H](O)[C@H](C)CO[Si](c1ccccc1)(c1ccccc1)C(C)(C)C. The van der Waals surface area contributed by atoms with Crippen LogP contribution in [0.4, 0.5) is 0 Å². The highest BCUT2D eigenvalue weighted by molar-refractivity contribution is 6.99. The largest absolute Gasteiger partial charge is 0.407 e. The summed E-state index contributed by atoms with van der Waals surface area (Å²) in [6, 6.07) is 21.2. The lowest BCUT2D eigenvalue weighted by Crippen LogP contribution is -2.67. The smallest absolute Gasteiger partial charge is 0.261 e. The molecule has 0 bridgehead atoms. The second-order valence-corrected chi connectivity index (χ2v) is 12.5. The van der Waals surface area contributed by atoms with Gasteiger partial charge in [-0.05, 0) is 22.3 Å². The van der Waals surface area contributed by atoms with Crippen LogP contribution in [0.5, 0.6) is 0 Å². The van der Waals surface area contributed by atoms with Crippen molar-refractivity contribution in [1.82, 2.24) is 0 Å². The highest BCUT2D eigenvalue weighted by Gasteiger charge is 2.50. The van der Waals surface area contributed by atoms with E-state index in [1.165, 1.54) is 10.4 Å². The average Bonchev–Trinajstić information content (AvgIpc) is 2.62. The van der Waals surface area contributed by atoms with Crippen LogP contribution in [0.2, 0.25) is 5.04 Å². The van der Waals surface area contributed by atoms with E-state index in [1.54, 1.807) is 0 Å². The second kappa shape index (κ2) is 8.34. The molecule has 2 rings (SSSR count). The molecule has 140 valence electrons. The van der Waals surface area contributed by atoms with Gasteiger partial charge >= 0.3 is 0 Å². The molecule has 0 heterocycles. The highest BCUT2D eigenvalue weighted by Crippen LogP contribution is 2.37. The molecule has 2 atom stereocenters.